The summed E-state index contributed by atoms with van der Waals surface area (Å²) >= 11 is 2.62. The van der Waals surface area contributed by atoms with Crippen molar-refractivity contribution in [2.24, 2.45) is 7.05 Å². The molecule has 124 valence electrons. The van der Waals surface area contributed by atoms with E-state index in [1.807, 2.05) is 30.3 Å². The van der Waals surface area contributed by atoms with Crippen LogP contribution >= 0.6 is 23.1 Å². The van der Waals surface area contributed by atoms with E-state index in [4.69, 9.17) is 0 Å². The van der Waals surface area contributed by atoms with Crippen LogP contribution in [0.15, 0.2) is 47.1 Å². The zero-order chi connectivity index (χ0) is 16.9. The molecule has 0 radical (unpaired) electrons. The molecule has 24 heavy (non-hydrogen) atoms. The summed E-state index contributed by atoms with van der Waals surface area (Å²) in [5, 5.41) is 24.2. The van der Waals surface area contributed by atoms with Gasteiger partial charge in [0.2, 0.25) is 5.91 Å². The monoisotopic (exact) mass is 361 g/mol. The lowest BCUT2D eigenvalue weighted by Crippen LogP contribution is -2.14. The number of aliphatic hydroxyl groups is 1. The molecular weight excluding hydrogens is 346 g/mol. The summed E-state index contributed by atoms with van der Waals surface area (Å²) in [6, 6.07) is 9.25. The predicted octanol–water partition coefficient (Wildman–Crippen LogP) is 2.08. The van der Waals surface area contributed by atoms with E-state index >= 15 is 0 Å². The van der Waals surface area contributed by atoms with Crippen LogP contribution in [0.1, 0.15) is 17.5 Å². The lowest BCUT2D eigenvalue weighted by molar-refractivity contribution is -0.113. The zero-order valence-electron chi connectivity index (χ0n) is 12.8. The van der Waals surface area contributed by atoms with E-state index in [0.717, 1.165) is 5.56 Å². The van der Waals surface area contributed by atoms with Crippen LogP contribution in [0.25, 0.3) is 0 Å². The number of nitrogens with zero attached hydrogens (tertiary/aromatic N) is 4. The van der Waals surface area contributed by atoms with Crippen LogP contribution < -0.4 is 5.32 Å². The van der Waals surface area contributed by atoms with Gasteiger partial charge in [-0.1, -0.05) is 42.1 Å². The number of hydrogen-bond donors (Lipinski definition) is 2. The Morgan fingerprint density at radius 1 is 1.38 bits per heavy atom. The molecular formula is C15H15N5O2S2. The average molecular weight is 361 g/mol. The van der Waals surface area contributed by atoms with Crippen molar-refractivity contribution in [3.05, 3.63) is 53.3 Å². The molecule has 2 aromatic heterocycles. The number of thioether (sulfide) groups is 1. The number of amides is 1. The van der Waals surface area contributed by atoms with Crippen molar-refractivity contribution >= 4 is 34.1 Å². The van der Waals surface area contributed by atoms with Gasteiger partial charge >= 0.3 is 0 Å². The molecule has 2 heterocycles. The standard InChI is InChI=1S/C15H15N5O2S2/c1-20-13(12(22)10-5-3-2-4-6-10)18-19-15(20)24-9-11(21)17-14-16-7-8-23-14/h2-8,12,22H,9H2,1H3,(H,16,17,21). The smallest absolute Gasteiger partial charge is 0.236 e. The third kappa shape index (κ3) is 3.81. The molecule has 1 amide bonds. The second-order valence-corrected chi connectivity index (χ2v) is 6.72. The number of nitrogens with one attached hydrogen (secondary N) is 1. The average Bonchev–Trinajstić information content (AvgIpc) is 3.23. The summed E-state index contributed by atoms with van der Waals surface area (Å²) in [5.74, 6) is 0.458. The molecule has 3 rings (SSSR count). The number of anilines is 1. The van der Waals surface area contributed by atoms with Crippen molar-refractivity contribution in [2.45, 2.75) is 11.3 Å². The second-order valence-electron chi connectivity index (χ2n) is 4.89. The first-order valence-corrected chi connectivity index (χ1v) is 8.96. The van der Waals surface area contributed by atoms with Gasteiger partial charge in [0.25, 0.3) is 0 Å². The Hall–Kier alpha value is -2.23. The fourth-order valence-electron chi connectivity index (χ4n) is 2.04. The molecule has 9 heteroatoms. The molecule has 1 unspecified atom stereocenters. The van der Waals surface area contributed by atoms with Crippen LogP contribution in [0, 0.1) is 0 Å². The molecule has 0 fully saturated rings. The maximum absolute atomic E-state index is 11.9. The first-order chi connectivity index (χ1) is 11.6. The van der Waals surface area contributed by atoms with E-state index in [1.165, 1.54) is 23.1 Å². The van der Waals surface area contributed by atoms with Crippen LogP contribution in [0.4, 0.5) is 5.13 Å². The third-order valence-electron chi connectivity index (χ3n) is 3.24. The second kappa shape index (κ2) is 7.56. The Morgan fingerprint density at radius 3 is 2.88 bits per heavy atom. The van der Waals surface area contributed by atoms with Gasteiger partial charge in [-0.05, 0) is 5.56 Å². The minimum atomic E-state index is -0.859. The molecule has 0 aliphatic rings. The maximum Gasteiger partial charge on any atom is 0.236 e. The molecule has 0 saturated carbocycles. The van der Waals surface area contributed by atoms with E-state index < -0.39 is 6.10 Å². The van der Waals surface area contributed by atoms with Crippen molar-refractivity contribution in [1.29, 1.82) is 0 Å². The fraction of sp³-hybridized carbons (Fsp3) is 0.200. The summed E-state index contributed by atoms with van der Waals surface area (Å²) in [6.07, 6.45) is 0.773. The lowest BCUT2D eigenvalue weighted by atomic mass is 10.1. The minimum absolute atomic E-state index is 0.164. The lowest BCUT2D eigenvalue weighted by Gasteiger charge is -2.10. The van der Waals surface area contributed by atoms with E-state index in [0.29, 0.717) is 16.1 Å². The van der Waals surface area contributed by atoms with Crippen LogP contribution in [0.5, 0.6) is 0 Å². The van der Waals surface area contributed by atoms with Gasteiger partial charge in [-0.2, -0.15) is 0 Å². The molecule has 0 spiro atoms. The Labute approximate surface area is 146 Å². The summed E-state index contributed by atoms with van der Waals surface area (Å²) < 4.78 is 1.69. The molecule has 3 aromatic rings. The number of aliphatic hydroxyl groups excluding tert-OH is 1. The first-order valence-electron chi connectivity index (χ1n) is 7.09. The Balaban J connectivity index is 1.63. The van der Waals surface area contributed by atoms with Crippen molar-refractivity contribution in [3.63, 3.8) is 0 Å². The molecule has 7 nitrogen and oxygen atoms in total. The Bertz CT molecular complexity index is 805. The van der Waals surface area contributed by atoms with Crippen molar-refractivity contribution in [3.8, 4) is 0 Å². The highest BCUT2D eigenvalue weighted by Crippen LogP contribution is 2.23. The van der Waals surface area contributed by atoms with Crippen molar-refractivity contribution in [1.82, 2.24) is 19.7 Å². The summed E-state index contributed by atoms with van der Waals surface area (Å²) in [4.78, 5) is 15.9. The number of hydrogen-bond acceptors (Lipinski definition) is 7. The van der Waals surface area contributed by atoms with Crippen molar-refractivity contribution < 1.29 is 9.90 Å². The molecule has 0 aliphatic heterocycles. The van der Waals surface area contributed by atoms with E-state index in [9.17, 15) is 9.90 Å². The molecule has 0 aliphatic carbocycles. The Kier molecular flexibility index (Phi) is 5.24. The topological polar surface area (TPSA) is 92.9 Å². The van der Waals surface area contributed by atoms with E-state index in [2.05, 4.69) is 20.5 Å². The van der Waals surface area contributed by atoms with Gasteiger partial charge in [-0.3, -0.25) is 4.79 Å². The molecule has 0 bridgehead atoms. The predicted molar refractivity (Wildman–Crippen MR) is 93.0 cm³/mol. The largest absolute Gasteiger partial charge is 0.380 e. The molecule has 1 aromatic carbocycles. The van der Waals surface area contributed by atoms with Gasteiger partial charge in [0.05, 0.1) is 5.75 Å². The minimum Gasteiger partial charge on any atom is -0.380 e. The number of thiazole rings is 1. The third-order valence-corrected chi connectivity index (χ3v) is 4.95. The highest BCUT2D eigenvalue weighted by atomic mass is 32.2. The van der Waals surface area contributed by atoms with Gasteiger partial charge in [0.15, 0.2) is 16.1 Å². The van der Waals surface area contributed by atoms with Crippen LogP contribution in [0.2, 0.25) is 0 Å². The number of benzene rings is 1. The van der Waals surface area contributed by atoms with Crippen LogP contribution in [-0.2, 0) is 11.8 Å². The normalized spacial score (nSPS) is 12.1. The highest BCUT2D eigenvalue weighted by molar-refractivity contribution is 7.99. The SMILES string of the molecule is Cn1c(SCC(=O)Nc2nccs2)nnc1C(O)c1ccccc1. The highest BCUT2D eigenvalue weighted by Gasteiger charge is 2.19. The van der Waals surface area contributed by atoms with Gasteiger partial charge in [-0.15, -0.1) is 21.5 Å². The summed E-state index contributed by atoms with van der Waals surface area (Å²) in [7, 11) is 1.77. The fourth-order valence-corrected chi connectivity index (χ4v) is 3.31. The quantitative estimate of drug-likeness (QED) is 0.653. The van der Waals surface area contributed by atoms with Gasteiger partial charge < -0.3 is 15.0 Å². The Morgan fingerprint density at radius 2 is 2.17 bits per heavy atom. The van der Waals surface area contributed by atoms with Crippen LogP contribution in [-0.4, -0.2) is 36.5 Å². The van der Waals surface area contributed by atoms with E-state index in [-0.39, 0.29) is 11.7 Å². The summed E-state index contributed by atoms with van der Waals surface area (Å²) in [6.45, 7) is 0. The van der Waals surface area contributed by atoms with Crippen LogP contribution in [0.3, 0.4) is 0 Å². The molecule has 0 saturated heterocycles. The number of aromatic nitrogens is 4. The maximum atomic E-state index is 11.9. The first kappa shape index (κ1) is 16.6. The van der Waals surface area contributed by atoms with E-state index in [1.54, 1.807) is 23.2 Å². The number of carbonyl (C=O) groups excluding carboxylic acids is 1. The zero-order valence-corrected chi connectivity index (χ0v) is 14.4. The van der Waals surface area contributed by atoms with Gasteiger partial charge in [0.1, 0.15) is 6.10 Å². The number of carbonyl (C=O) groups is 1. The molecule has 1 atom stereocenters. The van der Waals surface area contributed by atoms with Gasteiger partial charge in [-0.25, -0.2) is 4.98 Å². The summed E-state index contributed by atoms with van der Waals surface area (Å²) in [5.41, 5.74) is 0.742. The van der Waals surface area contributed by atoms with Gasteiger partial charge in [0, 0.05) is 18.6 Å². The number of rotatable bonds is 6. The molecule has 2 N–H and O–H groups in total. The van der Waals surface area contributed by atoms with Crippen molar-refractivity contribution in [2.75, 3.05) is 11.1 Å².